The second kappa shape index (κ2) is 7.40. The van der Waals surface area contributed by atoms with Gasteiger partial charge in [-0.3, -0.25) is 9.69 Å². The first-order valence-corrected chi connectivity index (χ1v) is 9.00. The molecule has 1 aliphatic heterocycles. The number of aromatic nitrogens is 1. The molecule has 0 unspecified atom stereocenters. The van der Waals surface area contributed by atoms with Crippen LogP contribution in [0.15, 0.2) is 24.3 Å². The van der Waals surface area contributed by atoms with Gasteiger partial charge < -0.3 is 4.90 Å². The quantitative estimate of drug-likeness (QED) is 0.853. The number of amides is 1. The molecule has 0 N–H and O–H groups in total. The summed E-state index contributed by atoms with van der Waals surface area (Å²) >= 11 is 1.75. The molecule has 128 valence electrons. The van der Waals surface area contributed by atoms with Crippen molar-refractivity contribution >= 4 is 17.2 Å². The van der Waals surface area contributed by atoms with E-state index < -0.39 is 0 Å². The zero-order valence-corrected chi connectivity index (χ0v) is 14.9. The number of carbonyl (C=O) groups excluding carboxylic acids is 1. The molecule has 3 rings (SSSR count). The standard InChI is InChI=1S/C18H22FN3OS/c1-13-14(2)24-17(20-13)12-21-7-9-22(10-8-21)18(23)11-15-3-5-16(19)6-4-15/h3-6H,7-12H2,1-2H3. The van der Waals surface area contributed by atoms with Crippen LogP contribution in [-0.4, -0.2) is 46.9 Å². The average molecular weight is 347 g/mol. The largest absolute Gasteiger partial charge is 0.340 e. The van der Waals surface area contributed by atoms with Crippen LogP contribution in [0, 0.1) is 19.7 Å². The fourth-order valence-corrected chi connectivity index (χ4v) is 3.82. The maximum absolute atomic E-state index is 12.9. The molecule has 0 spiro atoms. The van der Waals surface area contributed by atoms with Gasteiger partial charge in [-0.05, 0) is 31.5 Å². The summed E-state index contributed by atoms with van der Waals surface area (Å²) in [7, 11) is 0. The molecule has 0 atom stereocenters. The van der Waals surface area contributed by atoms with Gasteiger partial charge in [0.25, 0.3) is 0 Å². The lowest BCUT2D eigenvalue weighted by molar-refractivity contribution is -0.132. The first kappa shape index (κ1) is 17.0. The SMILES string of the molecule is Cc1nc(CN2CCN(C(=O)Cc3ccc(F)cc3)CC2)sc1C. The molecule has 0 bridgehead atoms. The second-order valence-electron chi connectivity index (χ2n) is 6.21. The molecule has 2 aromatic rings. The summed E-state index contributed by atoms with van der Waals surface area (Å²) in [6.45, 7) is 8.22. The van der Waals surface area contributed by atoms with Gasteiger partial charge in [0.2, 0.25) is 5.91 Å². The minimum Gasteiger partial charge on any atom is -0.340 e. The third-order valence-electron chi connectivity index (χ3n) is 4.43. The van der Waals surface area contributed by atoms with Gasteiger partial charge in [-0.25, -0.2) is 9.37 Å². The normalized spacial score (nSPS) is 15.7. The van der Waals surface area contributed by atoms with E-state index in [1.165, 1.54) is 17.0 Å². The van der Waals surface area contributed by atoms with Crippen LogP contribution in [0.5, 0.6) is 0 Å². The molecule has 6 heteroatoms. The first-order valence-electron chi connectivity index (χ1n) is 8.19. The van der Waals surface area contributed by atoms with Crippen LogP contribution in [0.1, 0.15) is 21.1 Å². The molecule has 1 aromatic carbocycles. The number of nitrogens with zero attached hydrogens (tertiary/aromatic N) is 3. The summed E-state index contributed by atoms with van der Waals surface area (Å²) in [6.07, 6.45) is 0.338. The van der Waals surface area contributed by atoms with Crippen LogP contribution < -0.4 is 0 Å². The lowest BCUT2D eigenvalue weighted by atomic mass is 10.1. The predicted octanol–water partition coefficient (Wildman–Crippen LogP) is 2.79. The molecular formula is C18H22FN3OS. The zero-order chi connectivity index (χ0) is 17.1. The van der Waals surface area contributed by atoms with Gasteiger partial charge in [-0.15, -0.1) is 11.3 Å². The number of piperazine rings is 1. The van der Waals surface area contributed by atoms with E-state index in [0.717, 1.165) is 49.0 Å². The molecule has 2 heterocycles. The van der Waals surface area contributed by atoms with Crippen molar-refractivity contribution in [3.05, 3.63) is 51.2 Å². The van der Waals surface area contributed by atoms with E-state index in [1.54, 1.807) is 23.5 Å². The summed E-state index contributed by atoms with van der Waals surface area (Å²) < 4.78 is 12.9. The van der Waals surface area contributed by atoms with Crippen LogP contribution in [0.2, 0.25) is 0 Å². The Morgan fingerprint density at radius 2 is 1.83 bits per heavy atom. The Kier molecular flexibility index (Phi) is 5.26. The number of benzene rings is 1. The van der Waals surface area contributed by atoms with Crippen molar-refractivity contribution in [3.63, 3.8) is 0 Å². The highest BCUT2D eigenvalue weighted by Crippen LogP contribution is 2.19. The summed E-state index contributed by atoms with van der Waals surface area (Å²) in [6, 6.07) is 6.16. The third-order valence-corrected chi connectivity index (χ3v) is 5.48. The third kappa shape index (κ3) is 4.19. The Morgan fingerprint density at radius 1 is 1.17 bits per heavy atom. The average Bonchev–Trinajstić information content (AvgIpc) is 2.88. The van der Waals surface area contributed by atoms with Crippen LogP contribution in [0.25, 0.3) is 0 Å². The molecule has 0 aliphatic carbocycles. The number of hydrogen-bond acceptors (Lipinski definition) is 4. The molecule has 0 radical (unpaired) electrons. The van der Waals surface area contributed by atoms with Gasteiger partial charge in [0.05, 0.1) is 18.7 Å². The van der Waals surface area contributed by atoms with Crippen molar-refractivity contribution in [2.45, 2.75) is 26.8 Å². The highest BCUT2D eigenvalue weighted by Gasteiger charge is 2.22. The maximum atomic E-state index is 12.9. The summed E-state index contributed by atoms with van der Waals surface area (Å²) in [5.74, 6) is -0.158. The van der Waals surface area contributed by atoms with Crippen LogP contribution >= 0.6 is 11.3 Å². The predicted molar refractivity (Wildman–Crippen MR) is 93.5 cm³/mol. The van der Waals surface area contributed by atoms with Crippen molar-refractivity contribution in [1.29, 1.82) is 0 Å². The minimum absolute atomic E-state index is 0.113. The molecule has 1 aromatic heterocycles. The fraction of sp³-hybridized carbons (Fsp3) is 0.444. The Balaban J connectivity index is 1.49. The van der Waals surface area contributed by atoms with Crippen molar-refractivity contribution in [3.8, 4) is 0 Å². The molecular weight excluding hydrogens is 325 g/mol. The number of hydrogen-bond donors (Lipinski definition) is 0. The van der Waals surface area contributed by atoms with Gasteiger partial charge in [-0.1, -0.05) is 12.1 Å². The van der Waals surface area contributed by atoms with Crippen molar-refractivity contribution in [2.24, 2.45) is 0 Å². The Bertz CT molecular complexity index is 686. The van der Waals surface area contributed by atoms with Gasteiger partial charge >= 0.3 is 0 Å². The molecule has 0 saturated carbocycles. The van der Waals surface area contributed by atoms with Gasteiger partial charge in [0, 0.05) is 31.1 Å². The fourth-order valence-electron chi connectivity index (χ4n) is 2.84. The highest BCUT2D eigenvalue weighted by atomic mass is 32.1. The number of rotatable bonds is 4. The molecule has 24 heavy (non-hydrogen) atoms. The van der Waals surface area contributed by atoms with E-state index in [4.69, 9.17) is 0 Å². The molecule has 1 fully saturated rings. The van der Waals surface area contributed by atoms with Crippen molar-refractivity contribution in [2.75, 3.05) is 26.2 Å². The molecule has 1 amide bonds. The minimum atomic E-state index is -0.271. The van der Waals surface area contributed by atoms with E-state index in [9.17, 15) is 9.18 Å². The number of aryl methyl sites for hydroxylation is 2. The zero-order valence-electron chi connectivity index (χ0n) is 14.1. The summed E-state index contributed by atoms with van der Waals surface area (Å²) in [5.41, 5.74) is 1.97. The van der Waals surface area contributed by atoms with Crippen molar-refractivity contribution in [1.82, 2.24) is 14.8 Å². The number of thiazole rings is 1. The van der Waals surface area contributed by atoms with E-state index in [1.807, 2.05) is 11.8 Å². The Labute approximate surface area is 145 Å². The van der Waals surface area contributed by atoms with E-state index in [2.05, 4.69) is 16.8 Å². The Morgan fingerprint density at radius 3 is 2.42 bits per heavy atom. The number of carbonyl (C=O) groups is 1. The lowest BCUT2D eigenvalue weighted by Gasteiger charge is -2.34. The molecule has 4 nitrogen and oxygen atoms in total. The molecule has 1 aliphatic rings. The summed E-state index contributed by atoms with van der Waals surface area (Å²) in [4.78, 5) is 22.5. The van der Waals surface area contributed by atoms with Crippen LogP contribution in [0.3, 0.4) is 0 Å². The topological polar surface area (TPSA) is 36.4 Å². The lowest BCUT2D eigenvalue weighted by Crippen LogP contribution is -2.48. The van der Waals surface area contributed by atoms with E-state index in [0.29, 0.717) is 6.42 Å². The van der Waals surface area contributed by atoms with Gasteiger partial charge in [0.1, 0.15) is 10.8 Å². The second-order valence-corrected chi connectivity index (χ2v) is 7.50. The van der Waals surface area contributed by atoms with Crippen molar-refractivity contribution < 1.29 is 9.18 Å². The first-order chi connectivity index (χ1) is 11.5. The van der Waals surface area contributed by atoms with Gasteiger partial charge in [0.15, 0.2) is 0 Å². The maximum Gasteiger partial charge on any atom is 0.227 e. The van der Waals surface area contributed by atoms with E-state index in [-0.39, 0.29) is 11.7 Å². The summed E-state index contributed by atoms with van der Waals surface area (Å²) in [5, 5.41) is 1.15. The highest BCUT2D eigenvalue weighted by molar-refractivity contribution is 7.11. The van der Waals surface area contributed by atoms with Gasteiger partial charge in [-0.2, -0.15) is 0 Å². The van der Waals surface area contributed by atoms with Crippen LogP contribution in [-0.2, 0) is 17.8 Å². The monoisotopic (exact) mass is 347 g/mol. The smallest absolute Gasteiger partial charge is 0.227 e. The molecule has 1 saturated heterocycles. The van der Waals surface area contributed by atoms with E-state index >= 15 is 0 Å². The Hall–Kier alpha value is -1.79. The number of halogens is 1. The van der Waals surface area contributed by atoms with Crippen LogP contribution in [0.4, 0.5) is 4.39 Å².